The Kier molecular flexibility index (Phi) is 3.82. The molecule has 1 aliphatic carbocycles. The minimum atomic E-state index is -0.223. The third kappa shape index (κ3) is 2.55. The van der Waals surface area contributed by atoms with Crippen LogP contribution in [0.15, 0.2) is 22.7 Å². The molecule has 4 heteroatoms. The number of nitrogens with two attached hydrogens (primary N) is 1. The average molecular weight is 287 g/mol. The van der Waals surface area contributed by atoms with Gasteiger partial charge in [0.2, 0.25) is 0 Å². The summed E-state index contributed by atoms with van der Waals surface area (Å²) in [7, 11) is 0. The van der Waals surface area contributed by atoms with E-state index in [0.717, 1.165) is 23.1 Å². The summed E-state index contributed by atoms with van der Waals surface area (Å²) in [6.07, 6.45) is 3.55. The molecule has 0 saturated heterocycles. The summed E-state index contributed by atoms with van der Waals surface area (Å²) in [5, 5.41) is 3.44. The largest absolute Gasteiger partial charge is 0.381 e. The van der Waals surface area contributed by atoms with Gasteiger partial charge in [-0.2, -0.15) is 0 Å². The summed E-state index contributed by atoms with van der Waals surface area (Å²) >= 11 is 3.36. The highest BCUT2D eigenvalue weighted by Gasteiger charge is 2.26. The molecule has 2 nitrogen and oxygen atoms in total. The molecular weight excluding hydrogens is 271 g/mol. The van der Waals surface area contributed by atoms with Gasteiger partial charge in [0.05, 0.1) is 0 Å². The molecule has 88 valence electrons. The van der Waals surface area contributed by atoms with Crippen LogP contribution in [0.1, 0.15) is 19.3 Å². The molecule has 1 aliphatic rings. The Balaban J connectivity index is 2.08. The molecule has 1 fully saturated rings. The molecule has 2 unspecified atom stereocenters. The first-order valence-electron chi connectivity index (χ1n) is 5.62. The van der Waals surface area contributed by atoms with Crippen LogP contribution >= 0.6 is 15.9 Å². The van der Waals surface area contributed by atoms with Crippen LogP contribution in [-0.4, -0.2) is 12.6 Å². The van der Waals surface area contributed by atoms with E-state index in [1.54, 1.807) is 6.07 Å². The summed E-state index contributed by atoms with van der Waals surface area (Å²) in [6.45, 7) is 0.719. The van der Waals surface area contributed by atoms with Crippen molar-refractivity contribution in [2.45, 2.75) is 25.3 Å². The van der Waals surface area contributed by atoms with E-state index in [9.17, 15) is 4.39 Å². The zero-order chi connectivity index (χ0) is 11.5. The van der Waals surface area contributed by atoms with Crippen LogP contribution in [0.3, 0.4) is 0 Å². The molecule has 0 amide bonds. The predicted octanol–water partition coefficient (Wildman–Crippen LogP) is 3.13. The van der Waals surface area contributed by atoms with Crippen molar-refractivity contribution < 1.29 is 4.39 Å². The van der Waals surface area contributed by atoms with Crippen LogP contribution < -0.4 is 11.1 Å². The van der Waals surface area contributed by atoms with Gasteiger partial charge >= 0.3 is 0 Å². The number of hydrogen-bond acceptors (Lipinski definition) is 2. The van der Waals surface area contributed by atoms with Crippen molar-refractivity contribution in [1.82, 2.24) is 0 Å². The number of halogens is 2. The molecule has 0 aromatic heterocycles. The van der Waals surface area contributed by atoms with Gasteiger partial charge in [0.25, 0.3) is 0 Å². The topological polar surface area (TPSA) is 38.0 Å². The van der Waals surface area contributed by atoms with Crippen molar-refractivity contribution in [3.05, 3.63) is 28.5 Å². The monoisotopic (exact) mass is 286 g/mol. The smallest absolute Gasteiger partial charge is 0.124 e. The first-order chi connectivity index (χ1) is 7.70. The molecule has 0 spiro atoms. The molecule has 3 N–H and O–H groups in total. The maximum Gasteiger partial charge on any atom is 0.124 e. The first-order valence-corrected chi connectivity index (χ1v) is 6.41. The quantitative estimate of drug-likeness (QED) is 0.896. The van der Waals surface area contributed by atoms with Gasteiger partial charge in [0.1, 0.15) is 5.82 Å². The Morgan fingerprint density at radius 3 is 2.94 bits per heavy atom. The molecule has 0 bridgehead atoms. The van der Waals surface area contributed by atoms with Gasteiger partial charge in [-0.25, -0.2) is 4.39 Å². The Bertz CT molecular complexity index is 370. The van der Waals surface area contributed by atoms with Gasteiger partial charge in [-0.1, -0.05) is 6.42 Å². The normalized spacial score (nSPS) is 24.7. The standard InChI is InChI=1S/C12H16BrFN2/c13-10-6-9(14)4-5-12(10)16-11-3-1-2-8(11)7-15/h4-6,8,11,16H,1-3,7,15H2. The summed E-state index contributed by atoms with van der Waals surface area (Å²) < 4.78 is 13.7. The SMILES string of the molecule is NCC1CCCC1Nc1ccc(F)cc1Br. The lowest BCUT2D eigenvalue weighted by atomic mass is 10.0. The molecule has 16 heavy (non-hydrogen) atoms. The summed E-state index contributed by atoms with van der Waals surface area (Å²) in [4.78, 5) is 0. The van der Waals surface area contributed by atoms with E-state index < -0.39 is 0 Å². The highest BCUT2D eigenvalue weighted by Crippen LogP contribution is 2.31. The fraction of sp³-hybridized carbons (Fsp3) is 0.500. The molecule has 1 aromatic rings. The van der Waals surface area contributed by atoms with E-state index in [1.807, 2.05) is 0 Å². The Morgan fingerprint density at radius 2 is 2.25 bits per heavy atom. The average Bonchev–Trinajstić information content (AvgIpc) is 2.69. The van der Waals surface area contributed by atoms with E-state index >= 15 is 0 Å². The van der Waals surface area contributed by atoms with Crippen LogP contribution in [0, 0.1) is 11.7 Å². The number of anilines is 1. The number of hydrogen-bond donors (Lipinski definition) is 2. The van der Waals surface area contributed by atoms with Gasteiger partial charge in [0.15, 0.2) is 0 Å². The molecule has 2 rings (SSSR count). The maximum atomic E-state index is 12.9. The zero-order valence-electron chi connectivity index (χ0n) is 9.05. The van der Waals surface area contributed by atoms with Gasteiger partial charge in [-0.3, -0.25) is 0 Å². The third-order valence-corrected chi connectivity index (χ3v) is 3.89. The molecule has 0 heterocycles. The molecular formula is C12H16BrFN2. The minimum Gasteiger partial charge on any atom is -0.381 e. The van der Waals surface area contributed by atoms with Crippen LogP contribution in [0.25, 0.3) is 0 Å². The summed E-state index contributed by atoms with van der Waals surface area (Å²) in [6, 6.07) is 5.14. The van der Waals surface area contributed by atoms with Crippen molar-refractivity contribution in [1.29, 1.82) is 0 Å². The number of benzene rings is 1. The zero-order valence-corrected chi connectivity index (χ0v) is 10.6. The van der Waals surface area contributed by atoms with Crippen molar-refractivity contribution in [2.75, 3.05) is 11.9 Å². The molecule has 2 atom stereocenters. The highest BCUT2D eigenvalue weighted by atomic mass is 79.9. The third-order valence-electron chi connectivity index (χ3n) is 3.23. The van der Waals surface area contributed by atoms with Crippen LogP contribution in [-0.2, 0) is 0 Å². The first kappa shape index (κ1) is 11.9. The van der Waals surface area contributed by atoms with E-state index in [1.165, 1.54) is 25.0 Å². The lowest BCUT2D eigenvalue weighted by Crippen LogP contribution is -2.29. The predicted molar refractivity (Wildman–Crippen MR) is 67.9 cm³/mol. The molecule has 0 aliphatic heterocycles. The van der Waals surface area contributed by atoms with E-state index in [4.69, 9.17) is 5.73 Å². The van der Waals surface area contributed by atoms with Crippen LogP contribution in [0.5, 0.6) is 0 Å². The summed E-state index contributed by atoms with van der Waals surface area (Å²) in [5.74, 6) is 0.316. The lowest BCUT2D eigenvalue weighted by molar-refractivity contribution is 0.516. The van der Waals surface area contributed by atoms with Crippen molar-refractivity contribution in [2.24, 2.45) is 11.7 Å². The number of nitrogens with one attached hydrogen (secondary N) is 1. The van der Waals surface area contributed by atoms with E-state index in [0.29, 0.717) is 12.0 Å². The molecule has 1 aromatic carbocycles. The molecule has 0 radical (unpaired) electrons. The highest BCUT2D eigenvalue weighted by molar-refractivity contribution is 9.10. The second-order valence-corrected chi connectivity index (χ2v) is 5.16. The Morgan fingerprint density at radius 1 is 1.44 bits per heavy atom. The second-order valence-electron chi connectivity index (χ2n) is 4.30. The van der Waals surface area contributed by atoms with Crippen LogP contribution in [0.4, 0.5) is 10.1 Å². The van der Waals surface area contributed by atoms with Crippen molar-refractivity contribution >= 4 is 21.6 Å². The van der Waals surface area contributed by atoms with E-state index in [2.05, 4.69) is 21.2 Å². The number of rotatable bonds is 3. The fourth-order valence-corrected chi connectivity index (χ4v) is 2.78. The summed E-state index contributed by atoms with van der Waals surface area (Å²) in [5.41, 5.74) is 6.68. The Labute approximate surface area is 104 Å². The lowest BCUT2D eigenvalue weighted by Gasteiger charge is -2.21. The van der Waals surface area contributed by atoms with Gasteiger partial charge in [-0.15, -0.1) is 0 Å². The van der Waals surface area contributed by atoms with Crippen LogP contribution in [0.2, 0.25) is 0 Å². The van der Waals surface area contributed by atoms with Crippen molar-refractivity contribution in [3.8, 4) is 0 Å². The van der Waals surface area contributed by atoms with E-state index in [-0.39, 0.29) is 5.82 Å². The minimum absolute atomic E-state index is 0.223. The van der Waals surface area contributed by atoms with Gasteiger partial charge in [0, 0.05) is 16.2 Å². The Hall–Kier alpha value is -0.610. The maximum absolute atomic E-state index is 12.9. The van der Waals surface area contributed by atoms with Crippen molar-refractivity contribution in [3.63, 3.8) is 0 Å². The van der Waals surface area contributed by atoms with Gasteiger partial charge < -0.3 is 11.1 Å². The fourth-order valence-electron chi connectivity index (χ4n) is 2.32. The van der Waals surface area contributed by atoms with Gasteiger partial charge in [-0.05, 0) is 59.4 Å². The molecule has 1 saturated carbocycles. The second kappa shape index (κ2) is 5.15.